The molecule has 1 aromatic heterocycles. The highest BCUT2D eigenvalue weighted by atomic mass is 32.2. The van der Waals surface area contributed by atoms with E-state index in [1.165, 1.54) is 0 Å². The summed E-state index contributed by atoms with van der Waals surface area (Å²) in [5, 5.41) is 4.62. The molecule has 0 saturated heterocycles. The molecule has 2 N–H and O–H groups in total. The Bertz CT molecular complexity index is 836. The number of carbonyl (C=O) groups excluding carboxylic acids is 1. The number of benzene rings is 1. The number of hydrogen-bond donors (Lipinski definition) is 2. The Kier molecular flexibility index (Phi) is 7.22. The smallest absolute Gasteiger partial charge is 0.406 e. The van der Waals surface area contributed by atoms with Gasteiger partial charge in [-0.3, -0.25) is 4.79 Å². The third-order valence-electron chi connectivity index (χ3n) is 3.29. The van der Waals surface area contributed by atoms with E-state index in [1.807, 2.05) is 17.5 Å². The Morgan fingerprint density at radius 3 is 2.41 bits per heavy atom. The molecule has 0 aliphatic heterocycles. The molecule has 1 amide bonds. The van der Waals surface area contributed by atoms with E-state index in [2.05, 4.69) is 14.8 Å². The zero-order valence-electron chi connectivity index (χ0n) is 14.0. The van der Waals surface area contributed by atoms with Crippen molar-refractivity contribution in [1.29, 1.82) is 0 Å². The minimum absolute atomic E-state index is 0.0566. The fourth-order valence-corrected chi connectivity index (χ4v) is 3.81. The van der Waals surface area contributed by atoms with Crippen LogP contribution in [0.4, 0.5) is 13.2 Å². The lowest BCUT2D eigenvalue weighted by molar-refractivity contribution is -0.274. The topological polar surface area (TPSA) is 84.5 Å². The van der Waals surface area contributed by atoms with Crippen LogP contribution in [0.5, 0.6) is 5.75 Å². The average molecular weight is 422 g/mol. The quantitative estimate of drug-likeness (QED) is 0.651. The first-order chi connectivity index (χ1) is 12.7. The molecule has 2 rings (SSSR count). The number of carbonyl (C=O) groups is 1. The van der Waals surface area contributed by atoms with E-state index >= 15 is 0 Å². The molecule has 0 spiro atoms. The van der Waals surface area contributed by atoms with Gasteiger partial charge in [0.1, 0.15) is 5.75 Å². The molecule has 2 aromatic rings. The summed E-state index contributed by atoms with van der Waals surface area (Å²) in [4.78, 5) is 12.6. The number of sulfonamides is 1. The van der Waals surface area contributed by atoms with Gasteiger partial charge in [-0.25, -0.2) is 13.1 Å². The molecule has 11 heteroatoms. The molecule has 6 nitrogen and oxygen atoms in total. The van der Waals surface area contributed by atoms with Crippen molar-refractivity contribution in [2.24, 2.45) is 0 Å². The van der Waals surface area contributed by atoms with E-state index in [9.17, 15) is 26.4 Å². The second kappa shape index (κ2) is 9.20. The summed E-state index contributed by atoms with van der Waals surface area (Å²) in [5.41, 5.74) is 0. The van der Waals surface area contributed by atoms with Gasteiger partial charge in [0.05, 0.1) is 4.90 Å². The Hall–Kier alpha value is -2.11. The van der Waals surface area contributed by atoms with Gasteiger partial charge in [-0.1, -0.05) is 6.07 Å². The van der Waals surface area contributed by atoms with E-state index < -0.39 is 22.1 Å². The molecular formula is C16H17F3N2O4S2. The number of hydrogen-bond acceptors (Lipinski definition) is 5. The molecule has 0 radical (unpaired) electrons. The predicted molar refractivity (Wildman–Crippen MR) is 94.0 cm³/mol. The van der Waals surface area contributed by atoms with Crippen LogP contribution in [0.15, 0.2) is 46.7 Å². The maximum absolute atomic E-state index is 12.1. The number of ether oxygens (including phenoxy) is 1. The van der Waals surface area contributed by atoms with E-state index in [0.29, 0.717) is 13.0 Å². The van der Waals surface area contributed by atoms with Gasteiger partial charge < -0.3 is 10.1 Å². The van der Waals surface area contributed by atoms with Crippen LogP contribution in [0, 0.1) is 0 Å². The van der Waals surface area contributed by atoms with E-state index in [1.54, 1.807) is 11.3 Å². The summed E-state index contributed by atoms with van der Waals surface area (Å²) < 4.78 is 66.3. The molecule has 27 heavy (non-hydrogen) atoms. The van der Waals surface area contributed by atoms with Gasteiger partial charge in [0, 0.05) is 24.4 Å². The minimum Gasteiger partial charge on any atom is -0.406 e. The molecule has 0 saturated carbocycles. The number of amides is 1. The zero-order valence-corrected chi connectivity index (χ0v) is 15.6. The molecule has 1 heterocycles. The Morgan fingerprint density at radius 2 is 1.81 bits per heavy atom. The van der Waals surface area contributed by atoms with Crippen molar-refractivity contribution >= 4 is 27.3 Å². The standard InChI is InChI=1S/C16H17F3N2O4S2/c17-16(18,19)25-12-3-5-14(6-4-12)27(23,24)21-10-8-15(22)20-9-7-13-2-1-11-26-13/h1-6,11,21H,7-10H2,(H,20,22). The highest BCUT2D eigenvalue weighted by Crippen LogP contribution is 2.23. The lowest BCUT2D eigenvalue weighted by Gasteiger charge is -2.10. The Balaban J connectivity index is 1.76. The van der Waals surface area contributed by atoms with Gasteiger partial charge in [-0.15, -0.1) is 24.5 Å². The fraction of sp³-hybridized carbons (Fsp3) is 0.312. The van der Waals surface area contributed by atoms with Crippen LogP contribution in [-0.4, -0.2) is 33.8 Å². The third-order valence-corrected chi connectivity index (χ3v) is 5.70. The lowest BCUT2D eigenvalue weighted by Crippen LogP contribution is -2.31. The molecule has 148 valence electrons. The van der Waals surface area contributed by atoms with Crippen LogP contribution in [0.3, 0.4) is 0 Å². The van der Waals surface area contributed by atoms with Crippen LogP contribution >= 0.6 is 11.3 Å². The number of halogens is 3. The molecular weight excluding hydrogens is 405 g/mol. The van der Waals surface area contributed by atoms with Gasteiger partial charge in [0.15, 0.2) is 0 Å². The SMILES string of the molecule is O=C(CCNS(=O)(=O)c1ccc(OC(F)(F)F)cc1)NCCc1cccs1. The first kappa shape index (κ1) is 21.2. The largest absolute Gasteiger partial charge is 0.573 e. The van der Waals surface area contributed by atoms with Crippen molar-refractivity contribution in [3.8, 4) is 5.75 Å². The number of thiophene rings is 1. The molecule has 0 aliphatic rings. The van der Waals surface area contributed by atoms with E-state index in [-0.39, 0.29) is 23.8 Å². The maximum Gasteiger partial charge on any atom is 0.573 e. The van der Waals surface area contributed by atoms with Crippen molar-refractivity contribution < 1.29 is 31.1 Å². The monoisotopic (exact) mass is 422 g/mol. The number of rotatable bonds is 9. The lowest BCUT2D eigenvalue weighted by atomic mass is 10.3. The van der Waals surface area contributed by atoms with Crippen LogP contribution in [0.2, 0.25) is 0 Å². The third kappa shape index (κ3) is 7.57. The van der Waals surface area contributed by atoms with Gasteiger partial charge in [-0.2, -0.15) is 0 Å². The molecule has 0 fully saturated rings. The predicted octanol–water partition coefficient (Wildman–Crippen LogP) is 2.67. The summed E-state index contributed by atoms with van der Waals surface area (Å²) in [7, 11) is -3.94. The summed E-state index contributed by atoms with van der Waals surface area (Å²) in [6, 6.07) is 7.65. The zero-order chi connectivity index (χ0) is 19.9. The van der Waals surface area contributed by atoms with Gasteiger partial charge >= 0.3 is 6.36 Å². The first-order valence-electron chi connectivity index (χ1n) is 7.80. The normalized spacial score (nSPS) is 12.0. The van der Waals surface area contributed by atoms with E-state index in [4.69, 9.17) is 0 Å². The van der Waals surface area contributed by atoms with Crippen molar-refractivity contribution in [1.82, 2.24) is 10.0 Å². The van der Waals surface area contributed by atoms with Crippen molar-refractivity contribution in [2.45, 2.75) is 24.1 Å². The average Bonchev–Trinajstić information content (AvgIpc) is 3.07. The second-order valence-electron chi connectivity index (χ2n) is 5.35. The highest BCUT2D eigenvalue weighted by molar-refractivity contribution is 7.89. The van der Waals surface area contributed by atoms with Crippen LogP contribution in [-0.2, 0) is 21.2 Å². The number of nitrogens with one attached hydrogen (secondary N) is 2. The van der Waals surface area contributed by atoms with Crippen molar-refractivity contribution in [3.63, 3.8) is 0 Å². The molecule has 1 aromatic carbocycles. The Labute approximate surface area is 158 Å². The van der Waals surface area contributed by atoms with Gasteiger partial charge in [-0.05, 0) is 42.1 Å². The highest BCUT2D eigenvalue weighted by Gasteiger charge is 2.31. The summed E-state index contributed by atoms with van der Waals surface area (Å²) in [5.74, 6) is -0.824. The molecule has 0 atom stereocenters. The summed E-state index contributed by atoms with van der Waals surface area (Å²) >= 11 is 1.58. The molecule has 0 unspecified atom stereocenters. The van der Waals surface area contributed by atoms with Crippen LogP contribution in [0.25, 0.3) is 0 Å². The first-order valence-corrected chi connectivity index (χ1v) is 10.2. The fourth-order valence-electron chi connectivity index (χ4n) is 2.07. The van der Waals surface area contributed by atoms with Crippen molar-refractivity contribution in [3.05, 3.63) is 46.7 Å². The minimum atomic E-state index is -4.85. The number of alkyl halides is 3. The summed E-state index contributed by atoms with van der Waals surface area (Å²) in [6.45, 7) is 0.320. The Morgan fingerprint density at radius 1 is 1.11 bits per heavy atom. The van der Waals surface area contributed by atoms with Crippen LogP contribution < -0.4 is 14.8 Å². The van der Waals surface area contributed by atoms with Crippen LogP contribution in [0.1, 0.15) is 11.3 Å². The maximum atomic E-state index is 12.1. The molecule has 0 bridgehead atoms. The van der Waals surface area contributed by atoms with E-state index in [0.717, 1.165) is 29.1 Å². The van der Waals surface area contributed by atoms with Gasteiger partial charge in [0.2, 0.25) is 15.9 Å². The van der Waals surface area contributed by atoms with Crippen molar-refractivity contribution in [2.75, 3.05) is 13.1 Å². The van der Waals surface area contributed by atoms with Gasteiger partial charge in [0.25, 0.3) is 0 Å². The molecule has 0 aliphatic carbocycles. The second-order valence-corrected chi connectivity index (χ2v) is 8.15. The summed E-state index contributed by atoms with van der Waals surface area (Å²) in [6.07, 6.45) is -4.21.